The molecular formula is C13H12BrNOS. The number of ether oxygens (including phenoxy) is 1. The van der Waals surface area contributed by atoms with Gasteiger partial charge in [-0.15, -0.1) is 11.8 Å². The van der Waals surface area contributed by atoms with Gasteiger partial charge in [-0.25, -0.2) is 0 Å². The number of halogens is 1. The second-order valence-electron chi connectivity index (χ2n) is 3.45. The lowest BCUT2D eigenvalue weighted by Crippen LogP contribution is -1.97. The highest BCUT2D eigenvalue weighted by Crippen LogP contribution is 2.27. The van der Waals surface area contributed by atoms with Crippen LogP contribution in [-0.2, 0) is 6.61 Å². The summed E-state index contributed by atoms with van der Waals surface area (Å²) in [5, 5.41) is 0. The molecular weight excluding hydrogens is 298 g/mol. The van der Waals surface area contributed by atoms with E-state index >= 15 is 0 Å². The van der Waals surface area contributed by atoms with Gasteiger partial charge in [0.2, 0.25) is 0 Å². The number of para-hydroxylation sites is 1. The zero-order valence-electron chi connectivity index (χ0n) is 9.39. The Morgan fingerprint density at radius 1 is 1.29 bits per heavy atom. The van der Waals surface area contributed by atoms with Crippen molar-refractivity contribution in [3.8, 4) is 5.75 Å². The lowest BCUT2D eigenvalue weighted by molar-refractivity contribution is 0.298. The molecule has 0 aliphatic rings. The number of benzene rings is 1. The summed E-state index contributed by atoms with van der Waals surface area (Å²) in [5.74, 6) is 0.917. The zero-order valence-corrected chi connectivity index (χ0v) is 11.8. The molecule has 0 N–H and O–H groups in total. The third kappa shape index (κ3) is 3.48. The van der Waals surface area contributed by atoms with Gasteiger partial charge in [-0.2, -0.15) is 0 Å². The summed E-state index contributed by atoms with van der Waals surface area (Å²) in [6.45, 7) is 0.532. The molecule has 17 heavy (non-hydrogen) atoms. The number of thioether (sulfide) groups is 1. The van der Waals surface area contributed by atoms with Crippen LogP contribution in [0, 0.1) is 0 Å². The van der Waals surface area contributed by atoms with Crippen LogP contribution in [0.15, 0.2) is 52.1 Å². The van der Waals surface area contributed by atoms with E-state index in [9.17, 15) is 0 Å². The van der Waals surface area contributed by atoms with Gasteiger partial charge in [0.25, 0.3) is 0 Å². The van der Waals surface area contributed by atoms with Crippen LogP contribution >= 0.6 is 27.7 Å². The summed E-state index contributed by atoms with van der Waals surface area (Å²) in [6, 6.07) is 10.0. The molecule has 0 fully saturated rings. The fourth-order valence-corrected chi connectivity index (χ4v) is 2.39. The lowest BCUT2D eigenvalue weighted by Gasteiger charge is -2.09. The summed E-state index contributed by atoms with van der Waals surface area (Å²) < 4.78 is 6.76. The van der Waals surface area contributed by atoms with Gasteiger partial charge in [-0.05, 0) is 40.4 Å². The Bertz CT molecular complexity index is 504. The monoisotopic (exact) mass is 309 g/mol. The van der Waals surface area contributed by atoms with Crippen molar-refractivity contribution in [2.45, 2.75) is 11.5 Å². The Labute approximate surface area is 114 Å². The van der Waals surface area contributed by atoms with Crippen LogP contribution in [-0.4, -0.2) is 11.2 Å². The van der Waals surface area contributed by atoms with Gasteiger partial charge < -0.3 is 4.74 Å². The Morgan fingerprint density at radius 2 is 2.12 bits per heavy atom. The molecule has 0 saturated heterocycles. The van der Waals surface area contributed by atoms with Gasteiger partial charge in [-0.1, -0.05) is 12.1 Å². The predicted molar refractivity (Wildman–Crippen MR) is 74.5 cm³/mol. The molecule has 0 bridgehead atoms. The van der Waals surface area contributed by atoms with Crippen LogP contribution in [0.2, 0.25) is 0 Å². The molecule has 0 radical (unpaired) electrons. The van der Waals surface area contributed by atoms with Crippen LogP contribution in [0.3, 0.4) is 0 Å². The van der Waals surface area contributed by atoms with E-state index in [0.717, 1.165) is 20.7 Å². The summed E-state index contributed by atoms with van der Waals surface area (Å²) in [7, 11) is 0. The number of hydrogen-bond donors (Lipinski definition) is 0. The molecule has 1 aromatic carbocycles. The molecule has 2 nitrogen and oxygen atoms in total. The van der Waals surface area contributed by atoms with Crippen molar-refractivity contribution in [1.29, 1.82) is 0 Å². The van der Waals surface area contributed by atoms with E-state index in [1.54, 1.807) is 18.0 Å². The van der Waals surface area contributed by atoms with Crippen molar-refractivity contribution in [2.24, 2.45) is 0 Å². The number of aromatic nitrogens is 1. The van der Waals surface area contributed by atoms with E-state index in [2.05, 4.69) is 27.0 Å². The van der Waals surface area contributed by atoms with Crippen molar-refractivity contribution >= 4 is 27.7 Å². The maximum atomic E-state index is 5.79. The summed E-state index contributed by atoms with van der Waals surface area (Å²) in [4.78, 5) is 5.26. The van der Waals surface area contributed by atoms with E-state index in [4.69, 9.17) is 4.74 Å². The van der Waals surface area contributed by atoms with E-state index < -0.39 is 0 Å². The molecule has 0 unspecified atom stereocenters. The van der Waals surface area contributed by atoms with Crippen LogP contribution < -0.4 is 4.74 Å². The van der Waals surface area contributed by atoms with Gasteiger partial charge in [-0.3, -0.25) is 4.98 Å². The van der Waals surface area contributed by atoms with Crippen molar-refractivity contribution in [3.63, 3.8) is 0 Å². The number of pyridine rings is 1. The first-order chi connectivity index (χ1) is 8.29. The van der Waals surface area contributed by atoms with Crippen LogP contribution in [0.1, 0.15) is 5.56 Å². The minimum atomic E-state index is 0.532. The van der Waals surface area contributed by atoms with Crippen LogP contribution in [0.4, 0.5) is 0 Å². The fraction of sp³-hybridized carbons (Fsp3) is 0.154. The molecule has 1 heterocycles. The van der Waals surface area contributed by atoms with Crippen LogP contribution in [0.5, 0.6) is 5.75 Å². The molecule has 88 valence electrons. The van der Waals surface area contributed by atoms with Gasteiger partial charge in [0.05, 0.1) is 0 Å². The van der Waals surface area contributed by atoms with Gasteiger partial charge >= 0.3 is 0 Å². The van der Waals surface area contributed by atoms with Gasteiger partial charge in [0, 0.05) is 27.3 Å². The first-order valence-corrected chi connectivity index (χ1v) is 7.16. The summed E-state index contributed by atoms with van der Waals surface area (Å²) in [6.07, 6.45) is 5.62. The molecule has 2 rings (SSSR count). The van der Waals surface area contributed by atoms with Crippen molar-refractivity contribution in [2.75, 3.05) is 6.26 Å². The van der Waals surface area contributed by atoms with Crippen molar-refractivity contribution in [3.05, 3.63) is 52.8 Å². The normalized spacial score (nSPS) is 10.2. The zero-order chi connectivity index (χ0) is 12.1. The standard InChI is InChI=1S/C13H12BrNOS/c1-17-13-5-3-2-4-12(13)16-9-10-6-11(14)8-15-7-10/h2-8H,9H2,1H3. The second kappa shape index (κ2) is 6.07. The maximum Gasteiger partial charge on any atom is 0.133 e. The first kappa shape index (κ1) is 12.5. The first-order valence-electron chi connectivity index (χ1n) is 5.15. The molecule has 0 aliphatic carbocycles. The molecule has 0 spiro atoms. The second-order valence-corrected chi connectivity index (χ2v) is 5.21. The minimum absolute atomic E-state index is 0.532. The van der Waals surface area contributed by atoms with E-state index in [-0.39, 0.29) is 0 Å². The number of rotatable bonds is 4. The largest absolute Gasteiger partial charge is 0.488 e. The van der Waals surface area contributed by atoms with Gasteiger partial charge in [0.1, 0.15) is 12.4 Å². The highest BCUT2D eigenvalue weighted by Gasteiger charge is 2.02. The summed E-state index contributed by atoms with van der Waals surface area (Å²) >= 11 is 5.08. The maximum absolute atomic E-state index is 5.79. The van der Waals surface area contributed by atoms with Crippen molar-refractivity contribution in [1.82, 2.24) is 4.98 Å². The molecule has 0 atom stereocenters. The summed E-state index contributed by atoms with van der Waals surface area (Å²) in [5.41, 5.74) is 1.05. The molecule has 1 aromatic heterocycles. The Kier molecular flexibility index (Phi) is 4.45. The predicted octanol–water partition coefficient (Wildman–Crippen LogP) is 4.15. The van der Waals surface area contributed by atoms with E-state index in [1.807, 2.05) is 36.7 Å². The number of hydrogen-bond acceptors (Lipinski definition) is 3. The average Bonchev–Trinajstić information content (AvgIpc) is 2.37. The molecule has 0 saturated carbocycles. The average molecular weight is 310 g/mol. The molecule has 4 heteroatoms. The highest BCUT2D eigenvalue weighted by atomic mass is 79.9. The third-order valence-corrected chi connectivity index (χ3v) is 3.44. The SMILES string of the molecule is CSc1ccccc1OCc1cncc(Br)c1. The minimum Gasteiger partial charge on any atom is -0.488 e. The molecule has 0 aliphatic heterocycles. The third-order valence-electron chi connectivity index (χ3n) is 2.22. The smallest absolute Gasteiger partial charge is 0.133 e. The Balaban J connectivity index is 2.07. The molecule has 2 aromatic rings. The Morgan fingerprint density at radius 3 is 2.88 bits per heavy atom. The van der Waals surface area contributed by atoms with E-state index in [0.29, 0.717) is 6.61 Å². The number of nitrogens with zero attached hydrogens (tertiary/aromatic N) is 1. The van der Waals surface area contributed by atoms with Crippen molar-refractivity contribution < 1.29 is 4.74 Å². The highest BCUT2D eigenvalue weighted by molar-refractivity contribution is 9.10. The van der Waals surface area contributed by atoms with Crippen LogP contribution in [0.25, 0.3) is 0 Å². The lowest BCUT2D eigenvalue weighted by atomic mass is 10.3. The topological polar surface area (TPSA) is 22.1 Å². The van der Waals surface area contributed by atoms with E-state index in [1.165, 1.54) is 0 Å². The Hall–Kier alpha value is -1.00. The fourth-order valence-electron chi connectivity index (χ4n) is 1.43. The molecule has 0 amide bonds. The van der Waals surface area contributed by atoms with Gasteiger partial charge in [0.15, 0.2) is 0 Å². The quantitative estimate of drug-likeness (QED) is 0.792.